The highest BCUT2D eigenvalue weighted by atomic mass is 79.9. The van der Waals surface area contributed by atoms with E-state index in [1.807, 2.05) is 12.1 Å². The predicted molar refractivity (Wildman–Crippen MR) is 83.3 cm³/mol. The number of rotatable bonds is 4. The zero-order valence-corrected chi connectivity index (χ0v) is 13.8. The first-order chi connectivity index (χ1) is 8.22. The lowest BCUT2D eigenvalue weighted by Crippen LogP contribution is -1.98. The van der Waals surface area contributed by atoms with Crippen LogP contribution in [0.3, 0.4) is 0 Å². The van der Waals surface area contributed by atoms with E-state index >= 15 is 0 Å². The SMILES string of the molecule is BrCCCOc1ccc2cc(Br)ccc2c1Br. The van der Waals surface area contributed by atoms with Crippen molar-refractivity contribution in [2.75, 3.05) is 11.9 Å². The van der Waals surface area contributed by atoms with E-state index in [0.29, 0.717) is 0 Å². The predicted octanol–water partition coefficient (Wildman–Crippen LogP) is 5.53. The average Bonchev–Trinajstić information content (AvgIpc) is 2.32. The standard InChI is InChI=1S/C13H11Br3O/c14-6-1-7-17-12-5-2-9-8-10(15)3-4-11(9)13(12)16/h2-5,8H,1,6-7H2. The highest BCUT2D eigenvalue weighted by molar-refractivity contribution is 9.11. The number of halogens is 3. The summed E-state index contributed by atoms with van der Waals surface area (Å²) in [6.07, 6.45) is 1.00. The maximum atomic E-state index is 5.73. The fourth-order valence-electron chi connectivity index (χ4n) is 1.59. The number of fused-ring (bicyclic) bond motifs is 1. The number of hydrogen-bond donors (Lipinski definition) is 0. The van der Waals surface area contributed by atoms with Crippen LogP contribution in [0.25, 0.3) is 10.8 Å². The molecule has 2 rings (SSSR count). The molecule has 0 saturated carbocycles. The zero-order chi connectivity index (χ0) is 12.3. The fraction of sp³-hybridized carbons (Fsp3) is 0.231. The van der Waals surface area contributed by atoms with Crippen molar-refractivity contribution >= 4 is 58.6 Å². The Morgan fingerprint density at radius 1 is 1.06 bits per heavy atom. The molecule has 0 aliphatic heterocycles. The van der Waals surface area contributed by atoms with Gasteiger partial charge >= 0.3 is 0 Å². The molecule has 0 unspecified atom stereocenters. The van der Waals surface area contributed by atoms with Crippen molar-refractivity contribution < 1.29 is 4.74 Å². The molecule has 2 aromatic rings. The van der Waals surface area contributed by atoms with Gasteiger partial charge in [-0.3, -0.25) is 0 Å². The van der Waals surface area contributed by atoms with Gasteiger partial charge in [0.15, 0.2) is 0 Å². The number of hydrogen-bond acceptors (Lipinski definition) is 1. The van der Waals surface area contributed by atoms with Gasteiger partial charge < -0.3 is 4.74 Å². The van der Waals surface area contributed by atoms with Crippen LogP contribution in [0.2, 0.25) is 0 Å². The molecule has 0 aromatic heterocycles. The highest BCUT2D eigenvalue weighted by Gasteiger charge is 2.06. The maximum Gasteiger partial charge on any atom is 0.134 e. The van der Waals surface area contributed by atoms with Gasteiger partial charge in [0, 0.05) is 9.80 Å². The molecule has 0 radical (unpaired) electrons. The highest BCUT2D eigenvalue weighted by Crippen LogP contribution is 2.34. The maximum absolute atomic E-state index is 5.73. The van der Waals surface area contributed by atoms with Crippen molar-refractivity contribution in [3.05, 3.63) is 39.3 Å². The largest absolute Gasteiger partial charge is 0.492 e. The Morgan fingerprint density at radius 3 is 2.65 bits per heavy atom. The van der Waals surface area contributed by atoms with Gasteiger partial charge in [-0.25, -0.2) is 0 Å². The Labute approximate surface area is 126 Å². The second kappa shape index (κ2) is 6.21. The van der Waals surface area contributed by atoms with Gasteiger partial charge in [0.05, 0.1) is 11.1 Å². The Bertz CT molecular complexity index is 525. The molecule has 0 aliphatic rings. The summed E-state index contributed by atoms with van der Waals surface area (Å²) in [4.78, 5) is 0. The molecule has 90 valence electrons. The number of alkyl halides is 1. The van der Waals surface area contributed by atoms with Crippen LogP contribution in [0.4, 0.5) is 0 Å². The minimum atomic E-state index is 0.728. The lowest BCUT2D eigenvalue weighted by molar-refractivity contribution is 0.317. The quantitative estimate of drug-likeness (QED) is 0.465. The third-order valence-corrected chi connectivity index (χ3v) is 4.29. The summed E-state index contributed by atoms with van der Waals surface area (Å²) in [6, 6.07) is 10.3. The first-order valence-corrected chi connectivity index (χ1v) is 7.99. The van der Waals surface area contributed by atoms with Crippen LogP contribution in [-0.4, -0.2) is 11.9 Å². The van der Waals surface area contributed by atoms with Crippen molar-refractivity contribution in [1.82, 2.24) is 0 Å². The van der Waals surface area contributed by atoms with Crippen LogP contribution in [0.15, 0.2) is 39.3 Å². The van der Waals surface area contributed by atoms with Crippen LogP contribution in [0.5, 0.6) is 5.75 Å². The van der Waals surface area contributed by atoms with Crippen molar-refractivity contribution in [1.29, 1.82) is 0 Å². The molecule has 0 fully saturated rings. The van der Waals surface area contributed by atoms with E-state index in [1.165, 1.54) is 10.8 Å². The Balaban J connectivity index is 2.33. The van der Waals surface area contributed by atoms with E-state index in [4.69, 9.17) is 4.74 Å². The van der Waals surface area contributed by atoms with E-state index in [1.54, 1.807) is 0 Å². The van der Waals surface area contributed by atoms with Crippen molar-refractivity contribution in [3.63, 3.8) is 0 Å². The van der Waals surface area contributed by atoms with Gasteiger partial charge in [-0.2, -0.15) is 0 Å². The zero-order valence-electron chi connectivity index (χ0n) is 9.05. The molecule has 0 amide bonds. The molecule has 0 heterocycles. The third kappa shape index (κ3) is 3.24. The van der Waals surface area contributed by atoms with E-state index in [9.17, 15) is 0 Å². The molecular weight excluding hydrogens is 412 g/mol. The van der Waals surface area contributed by atoms with Gasteiger partial charge in [0.1, 0.15) is 5.75 Å². The summed E-state index contributed by atoms with van der Waals surface area (Å²) in [7, 11) is 0. The molecule has 0 N–H and O–H groups in total. The van der Waals surface area contributed by atoms with Crippen molar-refractivity contribution in [3.8, 4) is 5.75 Å². The molecule has 2 aromatic carbocycles. The van der Waals surface area contributed by atoms with Crippen LogP contribution in [-0.2, 0) is 0 Å². The van der Waals surface area contributed by atoms with E-state index < -0.39 is 0 Å². The number of benzene rings is 2. The fourth-order valence-corrected chi connectivity index (χ4v) is 2.81. The van der Waals surface area contributed by atoms with Crippen molar-refractivity contribution in [2.24, 2.45) is 0 Å². The van der Waals surface area contributed by atoms with Gasteiger partial charge in [0.25, 0.3) is 0 Å². The summed E-state index contributed by atoms with van der Waals surface area (Å²) >= 11 is 10.5. The lowest BCUT2D eigenvalue weighted by atomic mass is 10.1. The first-order valence-electron chi connectivity index (χ1n) is 5.29. The second-order valence-electron chi connectivity index (χ2n) is 3.63. The summed E-state index contributed by atoms with van der Waals surface area (Å²) in [5.41, 5.74) is 0. The van der Waals surface area contributed by atoms with Gasteiger partial charge in [-0.05, 0) is 51.3 Å². The van der Waals surface area contributed by atoms with Crippen LogP contribution in [0.1, 0.15) is 6.42 Å². The van der Waals surface area contributed by atoms with Gasteiger partial charge in [-0.1, -0.05) is 44.0 Å². The van der Waals surface area contributed by atoms with Crippen LogP contribution < -0.4 is 4.74 Å². The minimum Gasteiger partial charge on any atom is -0.492 e. The van der Waals surface area contributed by atoms with Crippen LogP contribution in [0, 0.1) is 0 Å². The molecule has 0 spiro atoms. The monoisotopic (exact) mass is 420 g/mol. The second-order valence-corrected chi connectivity index (χ2v) is 6.14. The summed E-state index contributed by atoms with van der Waals surface area (Å²) in [5, 5.41) is 3.33. The first kappa shape index (κ1) is 13.4. The number of ether oxygens (including phenoxy) is 1. The van der Waals surface area contributed by atoms with Gasteiger partial charge in [-0.15, -0.1) is 0 Å². The summed E-state index contributed by atoms with van der Waals surface area (Å²) in [5.74, 6) is 0.903. The van der Waals surface area contributed by atoms with E-state index in [0.717, 1.165) is 33.1 Å². The minimum absolute atomic E-state index is 0.728. The summed E-state index contributed by atoms with van der Waals surface area (Å²) in [6.45, 7) is 0.728. The third-order valence-electron chi connectivity index (χ3n) is 2.42. The van der Waals surface area contributed by atoms with Crippen LogP contribution >= 0.6 is 47.8 Å². The molecule has 1 nitrogen and oxygen atoms in total. The molecule has 0 bridgehead atoms. The average molecular weight is 423 g/mol. The lowest BCUT2D eigenvalue weighted by Gasteiger charge is -2.10. The molecule has 0 atom stereocenters. The molecule has 4 heteroatoms. The molecule has 0 saturated heterocycles. The summed E-state index contributed by atoms with van der Waals surface area (Å²) < 4.78 is 7.84. The molecule has 0 aliphatic carbocycles. The van der Waals surface area contributed by atoms with Crippen molar-refractivity contribution in [2.45, 2.75) is 6.42 Å². The Kier molecular flexibility index (Phi) is 4.88. The molecule has 17 heavy (non-hydrogen) atoms. The molecular formula is C13H11Br3O. The van der Waals surface area contributed by atoms with E-state index in [2.05, 4.69) is 66.0 Å². The Morgan fingerprint density at radius 2 is 1.88 bits per heavy atom. The smallest absolute Gasteiger partial charge is 0.134 e. The van der Waals surface area contributed by atoms with Gasteiger partial charge in [0.2, 0.25) is 0 Å². The topological polar surface area (TPSA) is 9.23 Å². The normalized spacial score (nSPS) is 10.8. The van der Waals surface area contributed by atoms with E-state index in [-0.39, 0.29) is 0 Å². The Hall–Kier alpha value is -0.0600.